The summed E-state index contributed by atoms with van der Waals surface area (Å²) in [7, 11) is 0. The molecule has 2 fully saturated rings. The summed E-state index contributed by atoms with van der Waals surface area (Å²) in [5.74, 6) is 0.672. The van der Waals surface area contributed by atoms with Crippen molar-refractivity contribution in [1.29, 1.82) is 0 Å². The Balaban J connectivity index is 1.91. The zero-order valence-electron chi connectivity index (χ0n) is 12.1. The third-order valence-electron chi connectivity index (χ3n) is 4.79. The van der Waals surface area contributed by atoms with Gasteiger partial charge in [0.05, 0.1) is 5.54 Å². The van der Waals surface area contributed by atoms with Gasteiger partial charge < -0.3 is 11.1 Å². The van der Waals surface area contributed by atoms with Crippen LogP contribution in [0.3, 0.4) is 0 Å². The number of carbonyl (C=O) groups excluding carboxylic acids is 1. The zero-order valence-corrected chi connectivity index (χ0v) is 12.1. The first-order chi connectivity index (χ1) is 8.31. The van der Waals surface area contributed by atoms with Gasteiger partial charge in [0.1, 0.15) is 0 Å². The molecule has 18 heavy (non-hydrogen) atoms. The Morgan fingerprint density at radius 2 is 1.94 bits per heavy atom. The predicted molar refractivity (Wildman–Crippen MR) is 74.1 cm³/mol. The van der Waals surface area contributed by atoms with E-state index in [1.54, 1.807) is 0 Å². The molecule has 104 valence electrons. The van der Waals surface area contributed by atoms with E-state index >= 15 is 0 Å². The van der Waals surface area contributed by atoms with Crippen LogP contribution in [0.1, 0.15) is 65.7 Å². The van der Waals surface area contributed by atoms with Crippen LogP contribution >= 0.6 is 0 Å². The van der Waals surface area contributed by atoms with Crippen LogP contribution in [0.5, 0.6) is 0 Å². The summed E-state index contributed by atoms with van der Waals surface area (Å²) >= 11 is 0. The highest BCUT2D eigenvalue weighted by Crippen LogP contribution is 2.37. The van der Waals surface area contributed by atoms with Crippen molar-refractivity contribution in [2.45, 2.75) is 77.3 Å². The van der Waals surface area contributed by atoms with Crippen LogP contribution in [0, 0.1) is 11.3 Å². The molecule has 3 unspecified atom stereocenters. The minimum Gasteiger partial charge on any atom is -0.352 e. The Morgan fingerprint density at radius 3 is 2.50 bits per heavy atom. The highest BCUT2D eigenvalue weighted by Gasteiger charge is 2.40. The van der Waals surface area contributed by atoms with Gasteiger partial charge in [-0.15, -0.1) is 0 Å². The second-order valence-electron chi connectivity index (χ2n) is 7.44. The van der Waals surface area contributed by atoms with Gasteiger partial charge in [-0.05, 0) is 43.4 Å². The average molecular weight is 252 g/mol. The molecule has 2 aliphatic rings. The molecule has 2 saturated carbocycles. The molecule has 2 aliphatic carbocycles. The van der Waals surface area contributed by atoms with Gasteiger partial charge in [-0.1, -0.05) is 33.6 Å². The molecule has 3 heteroatoms. The lowest BCUT2D eigenvalue weighted by molar-refractivity contribution is -0.128. The highest BCUT2D eigenvalue weighted by atomic mass is 16.2. The van der Waals surface area contributed by atoms with Crippen LogP contribution in [0.25, 0.3) is 0 Å². The molecule has 3 N–H and O–H groups in total. The lowest BCUT2D eigenvalue weighted by Gasteiger charge is -2.36. The van der Waals surface area contributed by atoms with Gasteiger partial charge in [0, 0.05) is 6.04 Å². The SMILES string of the molecule is CC1CCCC(N)(C(=O)NC2CCC(C)(C)C2)C1. The fourth-order valence-electron chi connectivity index (χ4n) is 3.69. The molecule has 0 spiro atoms. The Bertz CT molecular complexity index is 326. The van der Waals surface area contributed by atoms with Gasteiger partial charge in [0.15, 0.2) is 0 Å². The van der Waals surface area contributed by atoms with Crippen LogP contribution in [0.2, 0.25) is 0 Å². The van der Waals surface area contributed by atoms with Crippen molar-refractivity contribution in [2.24, 2.45) is 17.1 Å². The molecule has 1 amide bonds. The summed E-state index contributed by atoms with van der Waals surface area (Å²) in [5, 5.41) is 3.20. The number of hydrogen-bond acceptors (Lipinski definition) is 2. The smallest absolute Gasteiger partial charge is 0.240 e. The quantitative estimate of drug-likeness (QED) is 0.793. The fraction of sp³-hybridized carbons (Fsp3) is 0.933. The molecular weight excluding hydrogens is 224 g/mol. The molecular formula is C15H28N2O. The summed E-state index contributed by atoms with van der Waals surface area (Å²) in [5.41, 5.74) is 6.09. The maximum Gasteiger partial charge on any atom is 0.240 e. The number of rotatable bonds is 2. The lowest BCUT2D eigenvalue weighted by Crippen LogP contribution is -2.57. The first-order valence-corrected chi connectivity index (χ1v) is 7.41. The van der Waals surface area contributed by atoms with Gasteiger partial charge in [-0.2, -0.15) is 0 Å². The Hall–Kier alpha value is -0.570. The standard InChI is InChI=1S/C15H28N2O/c1-11-5-4-7-15(16,9-11)13(18)17-12-6-8-14(2,3)10-12/h11-12H,4-10,16H2,1-3H3,(H,17,18). The highest BCUT2D eigenvalue weighted by molar-refractivity contribution is 5.86. The topological polar surface area (TPSA) is 55.1 Å². The van der Waals surface area contributed by atoms with Crippen molar-refractivity contribution in [3.05, 3.63) is 0 Å². The maximum absolute atomic E-state index is 12.4. The van der Waals surface area contributed by atoms with E-state index in [2.05, 4.69) is 26.1 Å². The van der Waals surface area contributed by atoms with E-state index in [-0.39, 0.29) is 5.91 Å². The lowest BCUT2D eigenvalue weighted by atomic mass is 9.76. The van der Waals surface area contributed by atoms with Crippen LogP contribution in [-0.2, 0) is 4.79 Å². The van der Waals surface area contributed by atoms with Crippen molar-refractivity contribution < 1.29 is 4.79 Å². The van der Waals surface area contributed by atoms with Crippen LogP contribution in [-0.4, -0.2) is 17.5 Å². The van der Waals surface area contributed by atoms with Gasteiger partial charge in [0.2, 0.25) is 5.91 Å². The van der Waals surface area contributed by atoms with Crippen molar-refractivity contribution in [1.82, 2.24) is 5.32 Å². The van der Waals surface area contributed by atoms with Crippen LogP contribution in [0.15, 0.2) is 0 Å². The van der Waals surface area contributed by atoms with Crippen molar-refractivity contribution in [3.8, 4) is 0 Å². The molecule has 0 aromatic heterocycles. The van der Waals surface area contributed by atoms with E-state index in [0.29, 0.717) is 17.4 Å². The molecule has 3 nitrogen and oxygen atoms in total. The number of nitrogens with one attached hydrogen (secondary N) is 1. The van der Waals surface area contributed by atoms with E-state index in [0.717, 1.165) is 32.1 Å². The van der Waals surface area contributed by atoms with Crippen molar-refractivity contribution in [3.63, 3.8) is 0 Å². The Kier molecular flexibility index (Phi) is 3.72. The average Bonchev–Trinajstić information content (AvgIpc) is 2.57. The van der Waals surface area contributed by atoms with Gasteiger partial charge in [-0.25, -0.2) is 0 Å². The van der Waals surface area contributed by atoms with E-state index in [1.165, 1.54) is 12.8 Å². The summed E-state index contributed by atoms with van der Waals surface area (Å²) in [4.78, 5) is 12.4. The third kappa shape index (κ3) is 3.05. The van der Waals surface area contributed by atoms with E-state index < -0.39 is 5.54 Å². The second kappa shape index (κ2) is 4.84. The monoisotopic (exact) mass is 252 g/mol. The second-order valence-corrected chi connectivity index (χ2v) is 7.44. The van der Waals surface area contributed by atoms with E-state index in [4.69, 9.17) is 5.73 Å². The molecule has 0 aliphatic heterocycles. The van der Waals surface area contributed by atoms with E-state index in [9.17, 15) is 4.79 Å². The molecule has 0 aromatic rings. The summed E-state index contributed by atoms with van der Waals surface area (Å²) < 4.78 is 0. The normalized spacial score (nSPS) is 39.6. The molecule has 2 rings (SSSR count). The first-order valence-electron chi connectivity index (χ1n) is 7.41. The maximum atomic E-state index is 12.4. The fourth-order valence-corrected chi connectivity index (χ4v) is 3.69. The Labute approximate surface area is 111 Å². The largest absolute Gasteiger partial charge is 0.352 e. The van der Waals surface area contributed by atoms with Gasteiger partial charge >= 0.3 is 0 Å². The zero-order chi connectivity index (χ0) is 13.4. The molecule has 0 radical (unpaired) electrons. The molecule has 0 bridgehead atoms. The Morgan fingerprint density at radius 1 is 1.22 bits per heavy atom. The minimum atomic E-state index is -0.607. The van der Waals surface area contributed by atoms with Gasteiger partial charge in [0.25, 0.3) is 0 Å². The number of nitrogens with two attached hydrogens (primary N) is 1. The number of hydrogen-bond donors (Lipinski definition) is 2. The van der Waals surface area contributed by atoms with Crippen molar-refractivity contribution >= 4 is 5.91 Å². The van der Waals surface area contributed by atoms with Crippen LogP contribution in [0.4, 0.5) is 0 Å². The van der Waals surface area contributed by atoms with Crippen molar-refractivity contribution in [2.75, 3.05) is 0 Å². The third-order valence-corrected chi connectivity index (χ3v) is 4.79. The summed E-state index contributed by atoms with van der Waals surface area (Å²) in [6.07, 6.45) is 7.37. The first kappa shape index (κ1) is 13.9. The number of amides is 1. The molecule has 3 atom stereocenters. The summed E-state index contributed by atoms with van der Waals surface area (Å²) in [6, 6.07) is 0.338. The molecule has 0 saturated heterocycles. The van der Waals surface area contributed by atoms with E-state index in [1.807, 2.05) is 0 Å². The molecule has 0 aromatic carbocycles. The summed E-state index contributed by atoms with van der Waals surface area (Å²) in [6.45, 7) is 6.76. The van der Waals surface area contributed by atoms with Gasteiger partial charge in [-0.3, -0.25) is 4.79 Å². The molecule has 0 heterocycles. The van der Waals surface area contributed by atoms with Crippen LogP contribution < -0.4 is 11.1 Å². The number of carbonyl (C=O) groups is 1. The predicted octanol–water partition coefficient (Wildman–Crippen LogP) is 2.59. The minimum absolute atomic E-state index is 0.0942.